The zero-order valence-electron chi connectivity index (χ0n) is 9.54. The summed E-state index contributed by atoms with van der Waals surface area (Å²) in [7, 11) is -3.30. The van der Waals surface area contributed by atoms with Crippen LogP contribution in [0.2, 0.25) is 0 Å². The van der Waals surface area contributed by atoms with Crippen LogP contribution in [0.1, 0.15) is 30.9 Å². The van der Waals surface area contributed by atoms with E-state index >= 15 is 0 Å². The average Bonchev–Trinajstić information content (AvgIpc) is 2.25. The quantitative estimate of drug-likeness (QED) is 0.841. The van der Waals surface area contributed by atoms with Crippen LogP contribution in [0, 0.1) is 0 Å². The summed E-state index contributed by atoms with van der Waals surface area (Å²) in [6, 6.07) is 6.58. The maximum absolute atomic E-state index is 12.3. The van der Waals surface area contributed by atoms with E-state index in [4.69, 9.17) is 5.73 Å². The molecular formula is C12H17NO3S. The Kier molecular flexibility index (Phi) is 3.51. The summed E-state index contributed by atoms with van der Waals surface area (Å²) in [5.74, 6) is 0. The summed E-state index contributed by atoms with van der Waals surface area (Å²) in [5, 5.41) is 9.47. The van der Waals surface area contributed by atoms with Gasteiger partial charge in [0, 0.05) is 12.1 Å². The maximum Gasteiger partial charge on any atom is 0.181 e. The van der Waals surface area contributed by atoms with Crippen LogP contribution in [-0.4, -0.2) is 25.3 Å². The van der Waals surface area contributed by atoms with E-state index in [0.29, 0.717) is 5.56 Å². The van der Waals surface area contributed by atoms with Gasteiger partial charge >= 0.3 is 0 Å². The van der Waals surface area contributed by atoms with Crippen molar-refractivity contribution >= 4 is 9.84 Å². The number of hydrogen-bond acceptors (Lipinski definition) is 4. The normalized spacial score (nSPS) is 18.7. The molecule has 0 aliphatic heterocycles. The molecule has 1 unspecified atom stereocenters. The molecular weight excluding hydrogens is 238 g/mol. The predicted molar refractivity (Wildman–Crippen MR) is 65.3 cm³/mol. The maximum atomic E-state index is 12.3. The molecule has 1 saturated carbocycles. The van der Waals surface area contributed by atoms with Crippen LogP contribution in [0.15, 0.2) is 29.2 Å². The Labute approximate surface area is 101 Å². The summed E-state index contributed by atoms with van der Waals surface area (Å²) >= 11 is 0. The summed E-state index contributed by atoms with van der Waals surface area (Å²) in [6.07, 6.45) is 1.48. The smallest absolute Gasteiger partial charge is 0.181 e. The molecule has 5 heteroatoms. The topological polar surface area (TPSA) is 80.4 Å². The fourth-order valence-corrected chi connectivity index (χ4v) is 4.12. The van der Waals surface area contributed by atoms with Gasteiger partial charge in [-0.2, -0.15) is 0 Å². The minimum absolute atomic E-state index is 0.0250. The first-order chi connectivity index (χ1) is 8.07. The second-order valence-electron chi connectivity index (χ2n) is 4.39. The average molecular weight is 255 g/mol. The Morgan fingerprint density at radius 2 is 2.00 bits per heavy atom. The van der Waals surface area contributed by atoms with Gasteiger partial charge in [-0.05, 0) is 18.9 Å². The van der Waals surface area contributed by atoms with Crippen molar-refractivity contribution in [2.24, 2.45) is 5.73 Å². The molecule has 2 rings (SSSR count). The first kappa shape index (κ1) is 12.5. The van der Waals surface area contributed by atoms with Gasteiger partial charge in [0.2, 0.25) is 0 Å². The molecule has 0 radical (unpaired) electrons. The van der Waals surface area contributed by atoms with E-state index in [1.807, 2.05) is 0 Å². The molecule has 1 atom stereocenters. The van der Waals surface area contributed by atoms with Crippen LogP contribution < -0.4 is 5.73 Å². The van der Waals surface area contributed by atoms with Crippen molar-refractivity contribution in [3.05, 3.63) is 29.8 Å². The molecule has 0 amide bonds. The molecule has 17 heavy (non-hydrogen) atoms. The van der Waals surface area contributed by atoms with Crippen molar-refractivity contribution in [2.45, 2.75) is 35.5 Å². The lowest BCUT2D eigenvalue weighted by molar-refractivity contribution is 0.183. The third kappa shape index (κ3) is 2.22. The first-order valence-electron chi connectivity index (χ1n) is 5.78. The standard InChI is InChI=1S/C12H17NO3S/c13-8-11(14)10-6-1-2-7-12(10)17(15,16)9-4-3-5-9/h1-2,6-7,9,11,14H,3-5,8,13H2. The third-order valence-corrected chi connectivity index (χ3v) is 5.63. The predicted octanol–water partition coefficient (Wildman–Crippen LogP) is 1.00. The van der Waals surface area contributed by atoms with Crippen molar-refractivity contribution in [1.82, 2.24) is 0 Å². The molecule has 1 aliphatic carbocycles. The van der Waals surface area contributed by atoms with Crippen molar-refractivity contribution in [3.63, 3.8) is 0 Å². The van der Waals surface area contributed by atoms with Gasteiger partial charge in [0.15, 0.2) is 9.84 Å². The van der Waals surface area contributed by atoms with Gasteiger partial charge in [-0.15, -0.1) is 0 Å². The van der Waals surface area contributed by atoms with Crippen LogP contribution in [0.4, 0.5) is 0 Å². The Hall–Kier alpha value is -0.910. The van der Waals surface area contributed by atoms with Crippen molar-refractivity contribution in [1.29, 1.82) is 0 Å². The van der Waals surface area contributed by atoms with Gasteiger partial charge in [0.1, 0.15) is 0 Å². The summed E-state index contributed by atoms with van der Waals surface area (Å²) < 4.78 is 24.6. The molecule has 0 spiro atoms. The van der Waals surface area contributed by atoms with E-state index in [0.717, 1.165) is 19.3 Å². The van der Waals surface area contributed by atoms with Crippen molar-refractivity contribution in [3.8, 4) is 0 Å². The molecule has 0 heterocycles. The largest absolute Gasteiger partial charge is 0.387 e. The van der Waals surface area contributed by atoms with Crippen molar-refractivity contribution in [2.75, 3.05) is 6.54 Å². The number of benzene rings is 1. The van der Waals surface area contributed by atoms with Crippen LogP contribution in [0.25, 0.3) is 0 Å². The van der Waals surface area contributed by atoms with Crippen molar-refractivity contribution < 1.29 is 13.5 Å². The molecule has 1 aromatic rings. The second kappa shape index (κ2) is 4.76. The van der Waals surface area contributed by atoms with Gasteiger partial charge < -0.3 is 10.8 Å². The van der Waals surface area contributed by atoms with E-state index in [2.05, 4.69) is 0 Å². The zero-order valence-corrected chi connectivity index (χ0v) is 10.4. The molecule has 1 aliphatic rings. The monoisotopic (exact) mass is 255 g/mol. The Bertz CT molecular complexity index is 494. The zero-order chi connectivity index (χ0) is 12.5. The highest BCUT2D eigenvalue weighted by Gasteiger charge is 2.34. The number of aliphatic hydroxyl groups is 1. The highest BCUT2D eigenvalue weighted by atomic mass is 32.2. The van der Waals surface area contributed by atoms with Gasteiger partial charge in [0.05, 0.1) is 16.2 Å². The third-order valence-electron chi connectivity index (χ3n) is 3.30. The first-order valence-corrected chi connectivity index (χ1v) is 7.33. The summed E-state index contributed by atoms with van der Waals surface area (Å²) in [4.78, 5) is 0.239. The van der Waals surface area contributed by atoms with Crippen LogP contribution >= 0.6 is 0 Å². The lowest BCUT2D eigenvalue weighted by atomic mass is 10.00. The number of sulfone groups is 1. The lowest BCUT2D eigenvalue weighted by Crippen LogP contribution is -2.29. The second-order valence-corrected chi connectivity index (χ2v) is 6.58. The van der Waals surface area contributed by atoms with Gasteiger partial charge in [0.25, 0.3) is 0 Å². The molecule has 1 fully saturated rings. The number of aliphatic hydroxyl groups excluding tert-OH is 1. The van der Waals surface area contributed by atoms with E-state index in [9.17, 15) is 13.5 Å². The SMILES string of the molecule is NCC(O)c1ccccc1S(=O)(=O)C1CCC1. The molecule has 0 aromatic heterocycles. The molecule has 1 aromatic carbocycles. The summed E-state index contributed by atoms with van der Waals surface area (Å²) in [6.45, 7) is 0.0250. The van der Waals surface area contributed by atoms with E-state index < -0.39 is 15.9 Å². The van der Waals surface area contributed by atoms with E-state index in [1.165, 1.54) is 0 Å². The van der Waals surface area contributed by atoms with E-state index in [-0.39, 0.29) is 16.7 Å². The van der Waals surface area contributed by atoms with Crippen LogP contribution in [0.3, 0.4) is 0 Å². The number of rotatable bonds is 4. The minimum Gasteiger partial charge on any atom is -0.387 e. The highest BCUT2D eigenvalue weighted by molar-refractivity contribution is 7.92. The molecule has 0 bridgehead atoms. The van der Waals surface area contributed by atoms with Gasteiger partial charge in [-0.1, -0.05) is 24.6 Å². The fraction of sp³-hybridized carbons (Fsp3) is 0.500. The highest BCUT2D eigenvalue weighted by Crippen LogP contribution is 2.33. The lowest BCUT2D eigenvalue weighted by Gasteiger charge is -2.26. The van der Waals surface area contributed by atoms with Crippen LogP contribution in [0.5, 0.6) is 0 Å². The van der Waals surface area contributed by atoms with Crippen LogP contribution in [-0.2, 0) is 9.84 Å². The molecule has 4 nitrogen and oxygen atoms in total. The Morgan fingerprint density at radius 1 is 1.35 bits per heavy atom. The number of hydrogen-bond donors (Lipinski definition) is 2. The minimum atomic E-state index is -3.30. The number of nitrogens with two attached hydrogens (primary N) is 1. The Morgan fingerprint density at radius 3 is 2.53 bits per heavy atom. The summed E-state index contributed by atoms with van der Waals surface area (Å²) in [5.41, 5.74) is 5.81. The van der Waals surface area contributed by atoms with Gasteiger partial charge in [-0.25, -0.2) is 8.42 Å². The molecule has 94 valence electrons. The fourth-order valence-electron chi connectivity index (χ4n) is 2.00. The van der Waals surface area contributed by atoms with Gasteiger partial charge in [-0.3, -0.25) is 0 Å². The van der Waals surface area contributed by atoms with E-state index in [1.54, 1.807) is 24.3 Å². The Balaban J connectivity index is 2.44. The molecule has 3 N–H and O–H groups in total. The molecule has 0 saturated heterocycles.